The number of rotatable bonds is 5. The Hall–Kier alpha value is -1.32. The van der Waals surface area contributed by atoms with Gasteiger partial charge in [-0.15, -0.1) is 6.58 Å². The molecular weight excluding hydrogens is 244 g/mol. The van der Waals surface area contributed by atoms with Crippen LogP contribution in [0.1, 0.15) is 43.7 Å². The third-order valence-corrected chi connectivity index (χ3v) is 2.98. The summed E-state index contributed by atoms with van der Waals surface area (Å²) >= 11 is 0. The van der Waals surface area contributed by atoms with E-state index < -0.39 is 40.3 Å². The summed E-state index contributed by atoms with van der Waals surface area (Å²) in [5, 5.41) is 0. The molecule has 0 N–H and O–H groups in total. The molecule has 0 heterocycles. The molecule has 0 aliphatic heterocycles. The zero-order chi connectivity index (χ0) is 13.9. The highest BCUT2D eigenvalue weighted by molar-refractivity contribution is 5.33. The predicted octanol–water partition coefficient (Wildman–Crippen LogP) is 4.88. The van der Waals surface area contributed by atoms with E-state index >= 15 is 0 Å². The fraction of sp³-hybridized carbons (Fsp3) is 0.429. The van der Waals surface area contributed by atoms with Crippen LogP contribution in [-0.2, 0) is 6.42 Å². The Kier molecular flexibility index (Phi) is 4.93. The van der Waals surface area contributed by atoms with Gasteiger partial charge in [-0.05, 0) is 12.8 Å². The molecule has 0 bridgehead atoms. The molecule has 0 aromatic heterocycles. The second-order valence-corrected chi connectivity index (χ2v) is 4.28. The van der Waals surface area contributed by atoms with Crippen LogP contribution in [0.2, 0.25) is 0 Å². The van der Waals surface area contributed by atoms with Crippen LogP contribution < -0.4 is 0 Å². The Balaban J connectivity index is 3.40. The van der Waals surface area contributed by atoms with Crippen LogP contribution in [0.15, 0.2) is 12.7 Å². The van der Waals surface area contributed by atoms with Crippen LogP contribution in [0.25, 0.3) is 0 Å². The molecule has 4 heteroatoms. The standard InChI is InChI=1S/C14H16F4/c1-4-6-7-9-11(15)13(17)10(8(3)5-2)14(18)12(9)16/h5,8H,2,4,6-7H2,1,3H3. The van der Waals surface area contributed by atoms with E-state index in [4.69, 9.17) is 0 Å². The fourth-order valence-corrected chi connectivity index (χ4v) is 1.78. The van der Waals surface area contributed by atoms with Crippen LogP contribution in [0.5, 0.6) is 0 Å². The molecule has 1 rings (SSSR count). The van der Waals surface area contributed by atoms with Gasteiger partial charge in [-0.1, -0.05) is 26.3 Å². The summed E-state index contributed by atoms with van der Waals surface area (Å²) in [6.07, 6.45) is 2.40. The van der Waals surface area contributed by atoms with Gasteiger partial charge in [-0.3, -0.25) is 0 Å². The Bertz CT molecular complexity index is 423. The second kappa shape index (κ2) is 6.03. The maximum absolute atomic E-state index is 13.7. The first-order chi connectivity index (χ1) is 8.45. The van der Waals surface area contributed by atoms with E-state index in [1.807, 2.05) is 6.92 Å². The third kappa shape index (κ3) is 2.57. The first-order valence-electron chi connectivity index (χ1n) is 5.92. The van der Waals surface area contributed by atoms with Crippen molar-refractivity contribution in [2.45, 2.75) is 39.0 Å². The van der Waals surface area contributed by atoms with Gasteiger partial charge in [0, 0.05) is 17.0 Å². The van der Waals surface area contributed by atoms with Crippen LogP contribution in [0.4, 0.5) is 17.6 Å². The molecule has 0 radical (unpaired) electrons. The summed E-state index contributed by atoms with van der Waals surface area (Å²) in [7, 11) is 0. The zero-order valence-electron chi connectivity index (χ0n) is 10.5. The van der Waals surface area contributed by atoms with E-state index in [-0.39, 0.29) is 6.42 Å². The molecule has 0 amide bonds. The minimum atomic E-state index is -1.31. The largest absolute Gasteiger partial charge is 0.203 e. The van der Waals surface area contributed by atoms with Crippen molar-refractivity contribution in [1.82, 2.24) is 0 Å². The molecule has 0 nitrogen and oxygen atoms in total. The van der Waals surface area contributed by atoms with E-state index in [1.54, 1.807) is 0 Å². The van der Waals surface area contributed by atoms with E-state index in [0.29, 0.717) is 12.8 Å². The van der Waals surface area contributed by atoms with Crippen molar-refractivity contribution in [2.24, 2.45) is 0 Å². The minimum Gasteiger partial charge on any atom is -0.203 e. The number of unbranched alkanes of at least 4 members (excludes halogenated alkanes) is 1. The molecule has 0 aliphatic rings. The van der Waals surface area contributed by atoms with Crippen molar-refractivity contribution in [3.05, 3.63) is 47.1 Å². The van der Waals surface area contributed by atoms with E-state index in [0.717, 1.165) is 0 Å². The minimum absolute atomic E-state index is 0.00917. The van der Waals surface area contributed by atoms with Crippen LogP contribution >= 0.6 is 0 Å². The summed E-state index contributed by atoms with van der Waals surface area (Å²) in [6.45, 7) is 6.63. The highest BCUT2D eigenvalue weighted by Gasteiger charge is 2.26. The van der Waals surface area contributed by atoms with E-state index in [9.17, 15) is 17.6 Å². The van der Waals surface area contributed by atoms with Crippen molar-refractivity contribution in [2.75, 3.05) is 0 Å². The van der Waals surface area contributed by atoms with Crippen molar-refractivity contribution in [3.8, 4) is 0 Å². The summed E-state index contributed by atoms with van der Waals surface area (Å²) in [5.74, 6) is -5.98. The lowest BCUT2D eigenvalue weighted by molar-refractivity contribution is 0.421. The van der Waals surface area contributed by atoms with Crippen molar-refractivity contribution < 1.29 is 17.6 Å². The van der Waals surface area contributed by atoms with Gasteiger partial charge in [0.15, 0.2) is 23.3 Å². The van der Waals surface area contributed by atoms with Gasteiger partial charge in [-0.25, -0.2) is 17.6 Å². The second-order valence-electron chi connectivity index (χ2n) is 4.28. The SMILES string of the molecule is C=CC(C)c1c(F)c(F)c(CCCC)c(F)c1F. The van der Waals surface area contributed by atoms with Crippen molar-refractivity contribution in [1.29, 1.82) is 0 Å². The fourth-order valence-electron chi connectivity index (χ4n) is 1.78. The molecule has 1 aromatic rings. The summed E-state index contributed by atoms with van der Waals surface area (Å²) in [6, 6.07) is 0. The number of hydrogen-bond acceptors (Lipinski definition) is 0. The molecular formula is C14H16F4. The smallest absolute Gasteiger partial charge is 0.166 e. The zero-order valence-corrected chi connectivity index (χ0v) is 10.5. The quantitative estimate of drug-likeness (QED) is 0.402. The molecule has 0 spiro atoms. The van der Waals surface area contributed by atoms with Gasteiger partial charge < -0.3 is 0 Å². The molecule has 18 heavy (non-hydrogen) atoms. The maximum atomic E-state index is 13.7. The lowest BCUT2D eigenvalue weighted by atomic mass is 9.95. The number of allylic oxidation sites excluding steroid dienone is 1. The number of hydrogen-bond donors (Lipinski definition) is 0. The first kappa shape index (κ1) is 14.7. The number of halogens is 4. The summed E-state index contributed by atoms with van der Waals surface area (Å²) in [5.41, 5.74) is -1.10. The van der Waals surface area contributed by atoms with Gasteiger partial charge in [0.05, 0.1) is 0 Å². The lowest BCUT2D eigenvalue weighted by Crippen LogP contribution is -2.10. The Morgan fingerprint density at radius 2 is 1.56 bits per heavy atom. The molecule has 1 aromatic carbocycles. The van der Waals surface area contributed by atoms with Gasteiger partial charge >= 0.3 is 0 Å². The Labute approximate surface area is 104 Å². The van der Waals surface area contributed by atoms with Crippen molar-refractivity contribution >= 4 is 0 Å². The molecule has 0 saturated heterocycles. The van der Waals surface area contributed by atoms with Gasteiger partial charge in [0.25, 0.3) is 0 Å². The summed E-state index contributed by atoms with van der Waals surface area (Å²) in [4.78, 5) is 0. The van der Waals surface area contributed by atoms with Crippen LogP contribution in [0.3, 0.4) is 0 Å². The van der Waals surface area contributed by atoms with Gasteiger partial charge in [-0.2, -0.15) is 0 Å². The normalized spacial score (nSPS) is 12.6. The average molecular weight is 260 g/mol. The molecule has 1 atom stereocenters. The summed E-state index contributed by atoms with van der Waals surface area (Å²) < 4.78 is 54.9. The van der Waals surface area contributed by atoms with Gasteiger partial charge in [0.2, 0.25) is 0 Å². The Morgan fingerprint density at radius 3 is 1.94 bits per heavy atom. The topological polar surface area (TPSA) is 0 Å². The highest BCUT2D eigenvalue weighted by atomic mass is 19.2. The molecule has 0 aliphatic carbocycles. The molecule has 1 unspecified atom stereocenters. The van der Waals surface area contributed by atoms with E-state index in [2.05, 4.69) is 6.58 Å². The predicted molar refractivity (Wildman–Crippen MR) is 63.5 cm³/mol. The first-order valence-corrected chi connectivity index (χ1v) is 5.92. The molecule has 0 saturated carbocycles. The average Bonchev–Trinajstić information content (AvgIpc) is 2.36. The third-order valence-electron chi connectivity index (χ3n) is 2.98. The van der Waals surface area contributed by atoms with Crippen LogP contribution in [0, 0.1) is 23.3 Å². The van der Waals surface area contributed by atoms with E-state index in [1.165, 1.54) is 13.0 Å². The van der Waals surface area contributed by atoms with Crippen LogP contribution in [-0.4, -0.2) is 0 Å². The van der Waals surface area contributed by atoms with Gasteiger partial charge in [0.1, 0.15) is 0 Å². The molecule has 100 valence electrons. The Morgan fingerprint density at radius 1 is 1.06 bits per heavy atom. The van der Waals surface area contributed by atoms with Crippen molar-refractivity contribution in [3.63, 3.8) is 0 Å². The number of benzene rings is 1. The highest BCUT2D eigenvalue weighted by Crippen LogP contribution is 2.30. The molecule has 0 fully saturated rings. The monoisotopic (exact) mass is 260 g/mol. The lowest BCUT2D eigenvalue weighted by Gasteiger charge is -2.14. The maximum Gasteiger partial charge on any atom is 0.166 e.